The van der Waals surface area contributed by atoms with Crippen LogP contribution in [0.5, 0.6) is 0 Å². The van der Waals surface area contributed by atoms with Crippen LogP contribution in [0.3, 0.4) is 0 Å². The fourth-order valence-electron chi connectivity index (χ4n) is 2.02. The molecule has 9 nitrogen and oxygen atoms in total. The molecule has 140 valence electrons. The number of esters is 2. The number of carbonyl (C=O) groups is 4. The Kier molecular flexibility index (Phi) is 6.95. The number of halogens is 2. The van der Waals surface area contributed by atoms with Crippen molar-refractivity contribution in [2.75, 3.05) is 10.6 Å². The highest BCUT2D eigenvalue weighted by molar-refractivity contribution is 14.1. The Hall–Kier alpha value is -2.42. The number of amides is 2. The summed E-state index contributed by atoms with van der Waals surface area (Å²) in [6, 6.07) is 8.50. The first-order valence-corrected chi connectivity index (χ1v) is 9.18. The minimum atomic E-state index is -1.39. The second kappa shape index (κ2) is 8.98. The molecule has 0 saturated heterocycles. The largest absolute Gasteiger partial charge is 0.465 e. The van der Waals surface area contributed by atoms with Gasteiger partial charge in [-0.05, 0) is 81.6 Å². The lowest BCUT2D eigenvalue weighted by Crippen LogP contribution is -2.18. The zero-order valence-corrected chi connectivity index (χ0v) is 17.5. The molecule has 11 heteroatoms. The van der Waals surface area contributed by atoms with Crippen molar-refractivity contribution in [3.05, 3.63) is 54.7 Å². The third kappa shape index (κ3) is 5.78. The van der Waals surface area contributed by atoms with Gasteiger partial charge < -0.3 is 14.9 Å². The van der Waals surface area contributed by atoms with Crippen LogP contribution in [-0.4, -0.2) is 34.3 Å². The molecule has 2 rings (SSSR count). The number of nitrogens with one attached hydrogen (secondary N) is 2. The zero-order valence-electron chi connectivity index (χ0n) is 13.2. The number of carboxylic acid groups (broad SMARTS) is 2. The molecule has 0 radical (unpaired) electrons. The number of anilines is 2. The van der Waals surface area contributed by atoms with Gasteiger partial charge >= 0.3 is 24.1 Å². The second-order valence-electron chi connectivity index (χ2n) is 4.92. The van der Waals surface area contributed by atoms with Crippen molar-refractivity contribution in [2.24, 2.45) is 0 Å². The van der Waals surface area contributed by atoms with Crippen LogP contribution in [0.2, 0.25) is 0 Å². The van der Waals surface area contributed by atoms with Gasteiger partial charge in [-0.2, -0.15) is 0 Å². The molecule has 0 aliphatic rings. The van der Waals surface area contributed by atoms with Gasteiger partial charge in [-0.1, -0.05) is 0 Å². The number of hydrogen-bond acceptors (Lipinski definition) is 5. The van der Waals surface area contributed by atoms with Crippen LogP contribution < -0.4 is 10.6 Å². The smallest absolute Gasteiger partial charge is 0.409 e. The van der Waals surface area contributed by atoms with E-state index in [1.807, 2.05) is 45.2 Å². The van der Waals surface area contributed by atoms with E-state index in [0.29, 0.717) is 7.14 Å². The number of carbonyl (C=O) groups excluding carboxylic acids is 2. The highest BCUT2D eigenvalue weighted by Gasteiger charge is 2.22. The molecule has 2 aromatic carbocycles. The van der Waals surface area contributed by atoms with Gasteiger partial charge in [0.25, 0.3) is 0 Å². The Balaban J connectivity index is 2.30. The molecule has 0 heterocycles. The van der Waals surface area contributed by atoms with E-state index in [1.165, 1.54) is 36.4 Å². The summed E-state index contributed by atoms with van der Waals surface area (Å²) in [4.78, 5) is 46.4. The van der Waals surface area contributed by atoms with Crippen molar-refractivity contribution in [1.82, 2.24) is 0 Å². The number of hydrogen-bond donors (Lipinski definition) is 4. The van der Waals surface area contributed by atoms with Crippen LogP contribution in [0.15, 0.2) is 36.4 Å². The van der Waals surface area contributed by atoms with Crippen LogP contribution in [-0.2, 0) is 4.74 Å². The van der Waals surface area contributed by atoms with Gasteiger partial charge in [-0.25, -0.2) is 19.2 Å². The van der Waals surface area contributed by atoms with Gasteiger partial charge in [-0.3, -0.25) is 10.6 Å². The lowest BCUT2D eigenvalue weighted by molar-refractivity contribution is 0.0399. The van der Waals surface area contributed by atoms with Gasteiger partial charge in [-0.15, -0.1) is 0 Å². The minimum absolute atomic E-state index is 0.0429. The normalized spacial score (nSPS) is 10.0. The minimum Gasteiger partial charge on any atom is -0.465 e. The van der Waals surface area contributed by atoms with E-state index in [4.69, 9.17) is 14.9 Å². The third-order valence-electron chi connectivity index (χ3n) is 3.07. The first-order valence-electron chi connectivity index (χ1n) is 7.03. The van der Waals surface area contributed by atoms with Crippen LogP contribution >= 0.6 is 45.2 Å². The van der Waals surface area contributed by atoms with Crippen molar-refractivity contribution >= 4 is 80.7 Å². The Morgan fingerprint density at radius 1 is 0.741 bits per heavy atom. The standard InChI is InChI=1S/C16H10I2N2O7/c17-7-1-3-9(11(5-7)19-15(23)24)13(21)27-14(22)10-4-2-8(18)6-12(10)20-16(25)26/h1-6,19-20H,(H,23,24)(H,25,26). The maximum absolute atomic E-state index is 12.3. The lowest BCUT2D eigenvalue weighted by Gasteiger charge is -2.11. The van der Waals surface area contributed by atoms with E-state index >= 15 is 0 Å². The number of rotatable bonds is 4. The van der Waals surface area contributed by atoms with Crippen LogP contribution in [0.25, 0.3) is 0 Å². The third-order valence-corrected chi connectivity index (χ3v) is 4.41. The molecule has 0 unspecified atom stereocenters. The van der Waals surface area contributed by atoms with Gasteiger partial charge in [0, 0.05) is 7.14 Å². The lowest BCUT2D eigenvalue weighted by atomic mass is 10.1. The molecular weight excluding hydrogens is 586 g/mol. The van der Waals surface area contributed by atoms with Gasteiger partial charge in [0.1, 0.15) is 0 Å². The molecular formula is C16H10I2N2O7. The quantitative estimate of drug-likeness (QED) is 0.237. The molecule has 0 aliphatic heterocycles. The van der Waals surface area contributed by atoms with Crippen LogP contribution in [0.4, 0.5) is 21.0 Å². The summed E-state index contributed by atoms with van der Waals surface area (Å²) in [7, 11) is 0. The van der Waals surface area contributed by atoms with Crippen molar-refractivity contribution < 1.29 is 34.1 Å². The van der Waals surface area contributed by atoms with Crippen molar-refractivity contribution in [1.29, 1.82) is 0 Å². The first-order chi connectivity index (χ1) is 12.7. The summed E-state index contributed by atoms with van der Waals surface area (Å²) in [6.07, 6.45) is -2.77. The Morgan fingerprint density at radius 2 is 1.11 bits per heavy atom. The van der Waals surface area contributed by atoms with Crippen molar-refractivity contribution in [3.63, 3.8) is 0 Å². The molecule has 0 atom stereocenters. The molecule has 2 aromatic rings. The van der Waals surface area contributed by atoms with Crippen molar-refractivity contribution in [3.8, 4) is 0 Å². The van der Waals surface area contributed by atoms with Gasteiger partial charge in [0.05, 0.1) is 22.5 Å². The molecule has 0 aromatic heterocycles. The van der Waals surface area contributed by atoms with Crippen LogP contribution in [0.1, 0.15) is 20.7 Å². The second-order valence-corrected chi connectivity index (χ2v) is 7.41. The molecule has 0 bridgehead atoms. The zero-order chi connectivity index (χ0) is 20.1. The summed E-state index contributed by atoms with van der Waals surface area (Å²) < 4.78 is 6.11. The molecule has 2 amide bonds. The predicted molar refractivity (Wildman–Crippen MR) is 111 cm³/mol. The Bertz CT molecular complexity index is 871. The van der Waals surface area contributed by atoms with Gasteiger partial charge in [0.15, 0.2) is 0 Å². The molecule has 0 fully saturated rings. The fraction of sp³-hybridized carbons (Fsp3) is 0. The molecule has 0 spiro atoms. The monoisotopic (exact) mass is 596 g/mol. The SMILES string of the molecule is O=C(O)Nc1cc(I)ccc1C(=O)OC(=O)c1ccc(I)cc1NC(=O)O. The fourth-order valence-corrected chi connectivity index (χ4v) is 3.00. The average molecular weight is 596 g/mol. The number of ether oxygens (including phenoxy) is 1. The first kappa shape index (κ1) is 20.9. The average Bonchev–Trinajstić information content (AvgIpc) is 2.53. The maximum atomic E-state index is 12.3. The molecule has 0 aliphatic carbocycles. The summed E-state index contributed by atoms with van der Waals surface area (Å²) >= 11 is 3.86. The molecule has 0 saturated carbocycles. The van der Waals surface area contributed by atoms with E-state index in [-0.39, 0.29) is 22.5 Å². The topological polar surface area (TPSA) is 142 Å². The highest BCUT2D eigenvalue weighted by atomic mass is 127. The van der Waals surface area contributed by atoms with E-state index < -0.39 is 24.1 Å². The molecule has 4 N–H and O–H groups in total. The van der Waals surface area contributed by atoms with E-state index in [9.17, 15) is 19.2 Å². The van der Waals surface area contributed by atoms with Crippen LogP contribution in [0, 0.1) is 7.14 Å². The van der Waals surface area contributed by atoms with E-state index in [2.05, 4.69) is 10.6 Å². The highest BCUT2D eigenvalue weighted by Crippen LogP contribution is 2.23. The predicted octanol–water partition coefficient (Wildman–Crippen LogP) is 4.07. The number of benzene rings is 2. The van der Waals surface area contributed by atoms with E-state index in [0.717, 1.165) is 0 Å². The summed E-state index contributed by atoms with van der Waals surface area (Å²) in [5, 5.41) is 21.9. The van der Waals surface area contributed by atoms with Crippen molar-refractivity contribution in [2.45, 2.75) is 0 Å². The van der Waals surface area contributed by atoms with Gasteiger partial charge in [0.2, 0.25) is 0 Å². The Labute approximate surface area is 179 Å². The van der Waals surface area contributed by atoms with E-state index in [1.54, 1.807) is 0 Å². The maximum Gasteiger partial charge on any atom is 0.409 e. The Morgan fingerprint density at radius 3 is 1.44 bits per heavy atom. The summed E-state index contributed by atoms with van der Waals surface area (Å²) in [5.74, 6) is -2.17. The molecule has 27 heavy (non-hydrogen) atoms. The summed E-state index contributed by atoms with van der Waals surface area (Å²) in [6.45, 7) is 0. The summed E-state index contributed by atoms with van der Waals surface area (Å²) in [5.41, 5.74) is -0.411.